The first-order valence-corrected chi connectivity index (χ1v) is 6.64. The van der Waals surface area contributed by atoms with Crippen molar-refractivity contribution in [1.29, 1.82) is 0 Å². The van der Waals surface area contributed by atoms with E-state index in [-0.39, 0.29) is 6.42 Å². The van der Waals surface area contributed by atoms with E-state index in [2.05, 4.69) is 0 Å². The fourth-order valence-electron chi connectivity index (χ4n) is 1.43. The van der Waals surface area contributed by atoms with E-state index >= 15 is 0 Å². The van der Waals surface area contributed by atoms with Crippen molar-refractivity contribution in [2.75, 3.05) is 27.2 Å². The SMILES string of the molecule is CN(C)C(=O)CN(CC(F)(F)F)C(=O)Cc1cccs1. The van der Waals surface area contributed by atoms with Crippen molar-refractivity contribution in [2.24, 2.45) is 0 Å². The lowest BCUT2D eigenvalue weighted by Gasteiger charge is -2.24. The summed E-state index contributed by atoms with van der Waals surface area (Å²) in [7, 11) is 2.86. The Labute approximate surface area is 118 Å². The minimum absolute atomic E-state index is 0.131. The zero-order valence-electron chi connectivity index (χ0n) is 11.1. The van der Waals surface area contributed by atoms with E-state index in [0.717, 1.165) is 4.90 Å². The van der Waals surface area contributed by atoms with Gasteiger partial charge in [-0.1, -0.05) is 6.07 Å². The van der Waals surface area contributed by atoms with Crippen molar-refractivity contribution in [3.05, 3.63) is 22.4 Å². The molecule has 2 amide bonds. The lowest BCUT2D eigenvalue weighted by molar-refractivity contribution is -0.163. The van der Waals surface area contributed by atoms with Crippen LogP contribution in [-0.4, -0.2) is 55.0 Å². The van der Waals surface area contributed by atoms with E-state index in [0.29, 0.717) is 9.78 Å². The molecule has 0 radical (unpaired) electrons. The molecule has 0 bridgehead atoms. The normalized spacial score (nSPS) is 11.2. The Bertz CT molecular complexity index is 458. The molecule has 0 aromatic carbocycles. The molecule has 1 aromatic rings. The largest absolute Gasteiger partial charge is 0.406 e. The third-order valence-electron chi connectivity index (χ3n) is 2.45. The number of likely N-dealkylation sites (N-methyl/N-ethyl adjacent to an activating group) is 1. The quantitative estimate of drug-likeness (QED) is 0.832. The number of hydrogen-bond acceptors (Lipinski definition) is 3. The van der Waals surface area contributed by atoms with E-state index in [9.17, 15) is 22.8 Å². The summed E-state index contributed by atoms with van der Waals surface area (Å²) in [5.74, 6) is -1.26. The van der Waals surface area contributed by atoms with E-state index in [1.807, 2.05) is 0 Å². The fourth-order valence-corrected chi connectivity index (χ4v) is 2.12. The zero-order valence-corrected chi connectivity index (χ0v) is 11.9. The number of alkyl halides is 3. The van der Waals surface area contributed by atoms with E-state index in [4.69, 9.17) is 0 Å². The second kappa shape index (κ2) is 6.74. The molecule has 8 heteroatoms. The van der Waals surface area contributed by atoms with Crippen LogP contribution in [-0.2, 0) is 16.0 Å². The Morgan fingerprint density at radius 3 is 2.35 bits per heavy atom. The number of carbonyl (C=O) groups is 2. The van der Waals surface area contributed by atoms with Crippen molar-refractivity contribution in [1.82, 2.24) is 9.80 Å². The molecule has 0 unspecified atom stereocenters. The maximum Gasteiger partial charge on any atom is 0.406 e. The van der Waals surface area contributed by atoms with Crippen LogP contribution in [0.25, 0.3) is 0 Å². The standard InChI is InChI=1S/C12H15F3N2O2S/c1-16(2)11(19)7-17(8-12(13,14)15)10(18)6-9-4-3-5-20-9/h3-5H,6-8H2,1-2H3. The lowest BCUT2D eigenvalue weighted by atomic mass is 10.3. The molecule has 1 rings (SSSR count). The molecule has 0 aliphatic heterocycles. The van der Waals surface area contributed by atoms with Gasteiger partial charge in [0.25, 0.3) is 0 Å². The van der Waals surface area contributed by atoms with Gasteiger partial charge in [0, 0.05) is 19.0 Å². The molecule has 0 atom stereocenters. The Kier molecular flexibility index (Phi) is 5.55. The van der Waals surface area contributed by atoms with Crippen LogP contribution in [0.4, 0.5) is 13.2 Å². The maximum atomic E-state index is 12.5. The predicted octanol–water partition coefficient (Wildman–Crippen LogP) is 1.77. The number of carbonyl (C=O) groups excluding carboxylic acids is 2. The summed E-state index contributed by atoms with van der Waals surface area (Å²) in [5, 5.41) is 1.74. The Balaban J connectivity index is 2.75. The van der Waals surface area contributed by atoms with Gasteiger partial charge in [0.2, 0.25) is 11.8 Å². The monoisotopic (exact) mass is 308 g/mol. The van der Waals surface area contributed by atoms with Gasteiger partial charge < -0.3 is 9.80 Å². The van der Waals surface area contributed by atoms with Gasteiger partial charge in [0.15, 0.2) is 0 Å². The number of thiophene rings is 1. The maximum absolute atomic E-state index is 12.5. The van der Waals surface area contributed by atoms with Crippen molar-refractivity contribution >= 4 is 23.2 Å². The molecule has 0 aliphatic rings. The molecule has 1 heterocycles. The van der Waals surface area contributed by atoms with Gasteiger partial charge in [0.05, 0.1) is 6.42 Å². The lowest BCUT2D eigenvalue weighted by Crippen LogP contribution is -2.45. The predicted molar refractivity (Wildman–Crippen MR) is 69.4 cm³/mol. The van der Waals surface area contributed by atoms with Crippen LogP contribution < -0.4 is 0 Å². The average molecular weight is 308 g/mol. The van der Waals surface area contributed by atoms with Crippen LogP contribution in [0.2, 0.25) is 0 Å². The van der Waals surface area contributed by atoms with Crippen molar-refractivity contribution in [3.63, 3.8) is 0 Å². The molecule has 4 nitrogen and oxygen atoms in total. The van der Waals surface area contributed by atoms with Crippen LogP contribution in [0.3, 0.4) is 0 Å². The Hall–Kier alpha value is -1.57. The third-order valence-corrected chi connectivity index (χ3v) is 3.33. The Morgan fingerprint density at radius 1 is 1.25 bits per heavy atom. The van der Waals surface area contributed by atoms with Crippen molar-refractivity contribution in [3.8, 4) is 0 Å². The van der Waals surface area contributed by atoms with Crippen molar-refractivity contribution < 1.29 is 22.8 Å². The van der Waals surface area contributed by atoms with Crippen LogP contribution in [0.1, 0.15) is 4.88 Å². The highest BCUT2D eigenvalue weighted by atomic mass is 32.1. The number of nitrogens with zero attached hydrogens (tertiary/aromatic N) is 2. The van der Waals surface area contributed by atoms with Crippen LogP contribution in [0, 0.1) is 0 Å². The summed E-state index contributed by atoms with van der Waals surface area (Å²) in [6, 6.07) is 3.38. The molecule has 0 N–H and O–H groups in total. The first kappa shape index (κ1) is 16.5. The fraction of sp³-hybridized carbons (Fsp3) is 0.500. The van der Waals surface area contributed by atoms with Gasteiger partial charge >= 0.3 is 6.18 Å². The van der Waals surface area contributed by atoms with E-state index < -0.39 is 31.1 Å². The second-order valence-electron chi connectivity index (χ2n) is 4.41. The molecule has 1 aromatic heterocycles. The first-order chi connectivity index (χ1) is 9.19. The summed E-state index contributed by atoms with van der Waals surface area (Å²) in [6.07, 6.45) is -4.66. The smallest absolute Gasteiger partial charge is 0.347 e. The molecule has 0 saturated carbocycles. The van der Waals surface area contributed by atoms with Gasteiger partial charge in [-0.25, -0.2) is 0 Å². The molecule has 0 aliphatic carbocycles. The summed E-state index contributed by atoms with van der Waals surface area (Å²) >= 11 is 1.29. The number of halogens is 3. The molecular weight excluding hydrogens is 293 g/mol. The van der Waals surface area contributed by atoms with Gasteiger partial charge in [-0.05, 0) is 11.4 Å². The summed E-state index contributed by atoms with van der Waals surface area (Å²) in [4.78, 5) is 25.8. The van der Waals surface area contributed by atoms with E-state index in [1.54, 1.807) is 17.5 Å². The highest BCUT2D eigenvalue weighted by Crippen LogP contribution is 2.18. The summed E-state index contributed by atoms with van der Waals surface area (Å²) in [5.41, 5.74) is 0. The molecule has 0 spiro atoms. The highest BCUT2D eigenvalue weighted by molar-refractivity contribution is 7.10. The van der Waals surface area contributed by atoms with E-state index in [1.165, 1.54) is 25.4 Å². The van der Waals surface area contributed by atoms with Crippen LogP contribution in [0.5, 0.6) is 0 Å². The van der Waals surface area contributed by atoms with Crippen LogP contribution >= 0.6 is 11.3 Å². The number of rotatable bonds is 5. The van der Waals surface area contributed by atoms with Gasteiger partial charge in [-0.2, -0.15) is 13.2 Å². The van der Waals surface area contributed by atoms with Crippen LogP contribution in [0.15, 0.2) is 17.5 Å². The zero-order chi connectivity index (χ0) is 15.3. The summed E-state index contributed by atoms with van der Waals surface area (Å²) < 4.78 is 37.4. The van der Waals surface area contributed by atoms with Gasteiger partial charge in [0.1, 0.15) is 13.1 Å². The Morgan fingerprint density at radius 2 is 1.90 bits per heavy atom. The molecule has 112 valence electrons. The third kappa shape index (κ3) is 5.60. The molecule has 0 fully saturated rings. The second-order valence-corrected chi connectivity index (χ2v) is 5.44. The molecular formula is C12H15F3N2O2S. The highest BCUT2D eigenvalue weighted by Gasteiger charge is 2.34. The number of amides is 2. The minimum atomic E-state index is -4.53. The van der Waals surface area contributed by atoms with Gasteiger partial charge in [-0.3, -0.25) is 9.59 Å². The van der Waals surface area contributed by atoms with Gasteiger partial charge in [-0.15, -0.1) is 11.3 Å². The number of hydrogen-bond donors (Lipinski definition) is 0. The first-order valence-electron chi connectivity index (χ1n) is 5.76. The molecule has 0 saturated heterocycles. The van der Waals surface area contributed by atoms with Crippen molar-refractivity contribution in [2.45, 2.75) is 12.6 Å². The average Bonchev–Trinajstić information content (AvgIpc) is 2.78. The topological polar surface area (TPSA) is 40.6 Å². The minimum Gasteiger partial charge on any atom is -0.347 e. The molecule has 20 heavy (non-hydrogen) atoms. The summed E-state index contributed by atoms with van der Waals surface area (Å²) in [6.45, 7) is -1.99.